The van der Waals surface area contributed by atoms with Crippen LogP contribution in [0.3, 0.4) is 0 Å². The number of hydrogen-bond acceptors (Lipinski definition) is 2. The average Bonchev–Trinajstić information content (AvgIpc) is 2.82. The van der Waals surface area contributed by atoms with E-state index in [0.29, 0.717) is 17.9 Å². The lowest BCUT2D eigenvalue weighted by Gasteiger charge is -2.20. The van der Waals surface area contributed by atoms with Crippen LogP contribution >= 0.6 is 0 Å². The van der Waals surface area contributed by atoms with Crippen molar-refractivity contribution in [1.82, 2.24) is 4.90 Å². The summed E-state index contributed by atoms with van der Waals surface area (Å²) in [5, 5.41) is 9.17. The summed E-state index contributed by atoms with van der Waals surface area (Å²) in [6.07, 6.45) is 2.49. The Morgan fingerprint density at radius 2 is 2.18 bits per heavy atom. The van der Waals surface area contributed by atoms with E-state index in [1.807, 2.05) is 0 Å². The maximum Gasteiger partial charge on any atom is 0.0490 e. The lowest BCUT2D eigenvalue weighted by Crippen LogP contribution is -2.23. The van der Waals surface area contributed by atoms with Crippen LogP contribution in [-0.4, -0.2) is 36.2 Å². The minimum atomic E-state index is 0.329. The molecule has 0 aromatic rings. The number of aliphatic hydroxyl groups is 1. The van der Waals surface area contributed by atoms with Crippen LogP contribution in [0.1, 0.15) is 19.8 Å². The molecular weight excluding hydrogens is 138 g/mol. The summed E-state index contributed by atoms with van der Waals surface area (Å²) in [5.41, 5.74) is 0.329. The predicted octanol–water partition coefficient (Wildman–Crippen LogP) is 0.709. The Hall–Kier alpha value is -0.0800. The average molecular weight is 155 g/mol. The van der Waals surface area contributed by atoms with Gasteiger partial charge in [0.2, 0.25) is 0 Å². The molecule has 0 bridgehead atoms. The third-order valence-electron chi connectivity index (χ3n) is 3.66. The standard InChI is InChI=1S/C9H17NO/c1-7(8-5-10(8)2)9(6-11)3-4-9/h7-8,11H,3-6H2,1-2H3. The highest BCUT2D eigenvalue weighted by Crippen LogP contribution is 2.54. The fourth-order valence-electron chi connectivity index (χ4n) is 2.11. The van der Waals surface area contributed by atoms with Gasteiger partial charge in [0, 0.05) is 19.2 Å². The Labute approximate surface area is 68.2 Å². The van der Waals surface area contributed by atoms with Gasteiger partial charge in [-0.15, -0.1) is 0 Å². The van der Waals surface area contributed by atoms with Crippen molar-refractivity contribution in [2.24, 2.45) is 11.3 Å². The quantitative estimate of drug-likeness (QED) is 0.607. The van der Waals surface area contributed by atoms with E-state index in [1.54, 1.807) is 0 Å². The first-order chi connectivity index (χ1) is 5.19. The summed E-state index contributed by atoms with van der Waals surface area (Å²) in [6.45, 7) is 3.93. The molecule has 1 saturated heterocycles. The fraction of sp³-hybridized carbons (Fsp3) is 1.00. The van der Waals surface area contributed by atoms with Crippen molar-refractivity contribution >= 4 is 0 Å². The maximum atomic E-state index is 9.17. The molecule has 1 heterocycles. The highest BCUT2D eigenvalue weighted by Gasteiger charge is 2.53. The molecule has 1 aliphatic heterocycles. The van der Waals surface area contributed by atoms with Crippen LogP contribution < -0.4 is 0 Å². The van der Waals surface area contributed by atoms with Crippen LogP contribution in [0.4, 0.5) is 0 Å². The molecule has 1 aliphatic carbocycles. The smallest absolute Gasteiger partial charge is 0.0490 e. The van der Waals surface area contributed by atoms with Gasteiger partial charge < -0.3 is 10.0 Å². The first-order valence-electron chi connectivity index (χ1n) is 4.51. The Morgan fingerprint density at radius 1 is 1.64 bits per heavy atom. The van der Waals surface area contributed by atoms with Crippen LogP contribution in [-0.2, 0) is 0 Å². The zero-order valence-corrected chi connectivity index (χ0v) is 7.38. The van der Waals surface area contributed by atoms with Gasteiger partial charge in [0.15, 0.2) is 0 Å². The minimum absolute atomic E-state index is 0.329. The molecule has 2 fully saturated rings. The van der Waals surface area contributed by atoms with Crippen molar-refractivity contribution < 1.29 is 5.11 Å². The zero-order chi connectivity index (χ0) is 8.06. The van der Waals surface area contributed by atoms with Crippen molar-refractivity contribution in [2.75, 3.05) is 20.2 Å². The van der Waals surface area contributed by atoms with Crippen molar-refractivity contribution in [2.45, 2.75) is 25.8 Å². The molecular formula is C9H17NO. The van der Waals surface area contributed by atoms with Crippen molar-refractivity contribution in [3.63, 3.8) is 0 Å². The monoisotopic (exact) mass is 155 g/mol. The molecule has 3 atom stereocenters. The van der Waals surface area contributed by atoms with Gasteiger partial charge in [-0.2, -0.15) is 0 Å². The van der Waals surface area contributed by atoms with E-state index in [9.17, 15) is 5.11 Å². The number of likely N-dealkylation sites (N-methyl/N-ethyl adjacent to an activating group) is 1. The molecule has 1 saturated carbocycles. The van der Waals surface area contributed by atoms with E-state index in [-0.39, 0.29) is 0 Å². The summed E-state index contributed by atoms with van der Waals surface area (Å²) in [5.74, 6) is 0.706. The SMILES string of the molecule is CC(C1CN1C)C1(CO)CC1. The highest BCUT2D eigenvalue weighted by atomic mass is 16.3. The summed E-state index contributed by atoms with van der Waals surface area (Å²) < 4.78 is 0. The van der Waals surface area contributed by atoms with Gasteiger partial charge in [0.05, 0.1) is 0 Å². The van der Waals surface area contributed by atoms with Crippen molar-refractivity contribution in [1.29, 1.82) is 0 Å². The van der Waals surface area contributed by atoms with E-state index in [0.717, 1.165) is 6.04 Å². The third kappa shape index (κ3) is 1.09. The molecule has 0 amide bonds. The minimum Gasteiger partial charge on any atom is -0.396 e. The molecule has 2 heteroatoms. The Bertz CT molecular complexity index is 165. The van der Waals surface area contributed by atoms with Crippen LogP contribution in [0.15, 0.2) is 0 Å². The zero-order valence-electron chi connectivity index (χ0n) is 7.38. The molecule has 0 radical (unpaired) electrons. The third-order valence-corrected chi connectivity index (χ3v) is 3.66. The molecule has 2 rings (SSSR count). The topological polar surface area (TPSA) is 23.2 Å². The van der Waals surface area contributed by atoms with Gasteiger partial charge in [-0.05, 0) is 31.2 Å². The van der Waals surface area contributed by atoms with Gasteiger partial charge >= 0.3 is 0 Å². The second-order valence-corrected chi connectivity index (χ2v) is 4.32. The van der Waals surface area contributed by atoms with Crippen molar-refractivity contribution in [3.8, 4) is 0 Å². The number of rotatable bonds is 3. The van der Waals surface area contributed by atoms with Crippen LogP contribution in [0.2, 0.25) is 0 Å². The van der Waals surface area contributed by atoms with Gasteiger partial charge in [-0.25, -0.2) is 0 Å². The van der Waals surface area contributed by atoms with E-state index in [4.69, 9.17) is 0 Å². The normalized spacial score (nSPS) is 41.7. The van der Waals surface area contributed by atoms with Gasteiger partial charge in [-0.3, -0.25) is 0 Å². The second kappa shape index (κ2) is 2.20. The molecule has 3 unspecified atom stereocenters. The van der Waals surface area contributed by atoms with Gasteiger partial charge in [-0.1, -0.05) is 6.92 Å². The summed E-state index contributed by atoms with van der Waals surface area (Å²) in [6, 6.07) is 0.768. The van der Waals surface area contributed by atoms with E-state index >= 15 is 0 Å². The predicted molar refractivity (Wildman–Crippen MR) is 44.3 cm³/mol. The highest BCUT2D eigenvalue weighted by molar-refractivity contribution is 5.05. The van der Waals surface area contributed by atoms with E-state index < -0.39 is 0 Å². The van der Waals surface area contributed by atoms with Crippen molar-refractivity contribution in [3.05, 3.63) is 0 Å². The maximum absolute atomic E-state index is 9.17. The fourth-order valence-corrected chi connectivity index (χ4v) is 2.11. The molecule has 64 valence electrons. The summed E-state index contributed by atoms with van der Waals surface area (Å²) >= 11 is 0. The first-order valence-corrected chi connectivity index (χ1v) is 4.51. The number of aliphatic hydroxyl groups excluding tert-OH is 1. The number of nitrogens with zero attached hydrogens (tertiary/aromatic N) is 1. The van der Waals surface area contributed by atoms with E-state index in [1.165, 1.54) is 19.4 Å². The second-order valence-electron chi connectivity index (χ2n) is 4.32. The van der Waals surface area contributed by atoms with Gasteiger partial charge in [0.1, 0.15) is 0 Å². The largest absolute Gasteiger partial charge is 0.396 e. The molecule has 1 N–H and O–H groups in total. The Kier molecular flexibility index (Phi) is 1.52. The van der Waals surface area contributed by atoms with Crippen LogP contribution in [0, 0.1) is 11.3 Å². The molecule has 11 heavy (non-hydrogen) atoms. The van der Waals surface area contributed by atoms with Crippen LogP contribution in [0.25, 0.3) is 0 Å². The molecule has 2 aliphatic rings. The molecule has 0 spiro atoms. The van der Waals surface area contributed by atoms with E-state index in [2.05, 4.69) is 18.9 Å². The number of hydrogen-bond donors (Lipinski definition) is 1. The molecule has 2 nitrogen and oxygen atoms in total. The Balaban J connectivity index is 1.94. The first kappa shape index (κ1) is 7.56. The summed E-state index contributed by atoms with van der Waals surface area (Å²) in [7, 11) is 2.16. The summed E-state index contributed by atoms with van der Waals surface area (Å²) in [4.78, 5) is 2.36. The Morgan fingerprint density at radius 3 is 2.45 bits per heavy atom. The molecule has 0 aromatic carbocycles. The van der Waals surface area contributed by atoms with Gasteiger partial charge in [0.25, 0.3) is 0 Å². The van der Waals surface area contributed by atoms with Crippen LogP contribution in [0.5, 0.6) is 0 Å². The lowest BCUT2D eigenvalue weighted by atomic mass is 9.88. The lowest BCUT2D eigenvalue weighted by molar-refractivity contribution is 0.155. The molecule has 0 aromatic heterocycles.